The minimum Gasteiger partial charge on any atom is -0.477 e. The second-order valence-corrected chi connectivity index (χ2v) is 3.59. The molecular formula is C5HCl5O2. The average molecular weight is 270 g/mol. The van der Waals surface area contributed by atoms with Crippen molar-refractivity contribution in [2.75, 3.05) is 0 Å². The van der Waals surface area contributed by atoms with Crippen LogP contribution in [0.25, 0.3) is 0 Å². The number of rotatable bonds is 2. The average Bonchev–Trinajstić information content (AvgIpc) is 2.00. The maximum absolute atomic E-state index is 10.2. The second kappa shape index (κ2) is 5.20. The summed E-state index contributed by atoms with van der Waals surface area (Å²) in [7, 11) is 0. The molecule has 1 N–H and O–H groups in total. The number of aliphatic carboxylic acids is 1. The lowest BCUT2D eigenvalue weighted by atomic mass is 10.5. The smallest absolute Gasteiger partial charge is 0.348 e. The van der Waals surface area contributed by atoms with E-state index in [1.807, 2.05) is 0 Å². The molecule has 0 aliphatic rings. The summed E-state index contributed by atoms with van der Waals surface area (Å²) in [5, 5.41) is 7.01. The SMILES string of the molecule is O=C(O)/C(Cl)=C(/Cl)C(Cl)=C(Cl)Cl. The third kappa shape index (κ3) is 3.42. The molecule has 0 rings (SSSR count). The normalized spacial score (nSPS) is 12.1. The number of carbonyl (C=O) groups is 1. The van der Waals surface area contributed by atoms with Gasteiger partial charge in [0.05, 0.1) is 10.1 Å². The van der Waals surface area contributed by atoms with Crippen LogP contribution in [0.2, 0.25) is 0 Å². The van der Waals surface area contributed by atoms with Gasteiger partial charge in [-0.2, -0.15) is 0 Å². The van der Waals surface area contributed by atoms with Crippen molar-refractivity contribution in [3.05, 3.63) is 19.6 Å². The van der Waals surface area contributed by atoms with Gasteiger partial charge >= 0.3 is 5.97 Å². The monoisotopic (exact) mass is 268 g/mol. The quantitative estimate of drug-likeness (QED) is 0.614. The van der Waals surface area contributed by atoms with Crippen molar-refractivity contribution in [3.8, 4) is 0 Å². The topological polar surface area (TPSA) is 37.3 Å². The van der Waals surface area contributed by atoms with Gasteiger partial charge < -0.3 is 5.11 Å². The third-order valence-corrected chi connectivity index (χ3v) is 2.61. The van der Waals surface area contributed by atoms with Gasteiger partial charge in [-0.25, -0.2) is 4.79 Å². The minimum absolute atomic E-state index is 0.299. The second-order valence-electron chi connectivity index (χ2n) is 1.51. The van der Waals surface area contributed by atoms with Crippen LogP contribution in [-0.4, -0.2) is 11.1 Å². The van der Waals surface area contributed by atoms with Crippen LogP contribution in [0.4, 0.5) is 0 Å². The summed E-state index contributed by atoms with van der Waals surface area (Å²) < 4.78 is -0.346. The Balaban J connectivity index is 5.06. The van der Waals surface area contributed by atoms with Crippen molar-refractivity contribution in [2.24, 2.45) is 0 Å². The molecule has 0 radical (unpaired) electrons. The standard InChI is InChI=1S/C5HCl5O2/c6-1(2(7)4(9)10)3(8)5(11)12/h(H,11,12)/b3-1-. The zero-order valence-electron chi connectivity index (χ0n) is 5.25. The summed E-state index contributed by atoms with van der Waals surface area (Å²) in [6.07, 6.45) is 0. The first-order valence-electron chi connectivity index (χ1n) is 2.37. The Morgan fingerprint density at radius 1 is 0.833 bits per heavy atom. The molecule has 0 aromatic rings. The van der Waals surface area contributed by atoms with Gasteiger partial charge in [0.1, 0.15) is 9.52 Å². The number of carboxylic acid groups (broad SMARTS) is 1. The van der Waals surface area contributed by atoms with Crippen molar-refractivity contribution in [1.82, 2.24) is 0 Å². The molecule has 0 amide bonds. The van der Waals surface area contributed by atoms with Crippen LogP contribution in [0.1, 0.15) is 0 Å². The summed E-state index contributed by atoms with van der Waals surface area (Å²) in [5.41, 5.74) is 0. The molecule has 0 heterocycles. The van der Waals surface area contributed by atoms with E-state index in [0.717, 1.165) is 0 Å². The molecule has 0 atom stereocenters. The van der Waals surface area contributed by atoms with Gasteiger partial charge in [0.15, 0.2) is 0 Å². The Morgan fingerprint density at radius 3 is 1.50 bits per heavy atom. The molecule has 0 fully saturated rings. The molecule has 0 bridgehead atoms. The molecule has 0 saturated heterocycles. The van der Waals surface area contributed by atoms with Crippen molar-refractivity contribution in [2.45, 2.75) is 0 Å². The molecule has 0 spiro atoms. The Bertz CT molecular complexity index is 263. The van der Waals surface area contributed by atoms with Gasteiger partial charge in [-0.3, -0.25) is 0 Å². The molecular weight excluding hydrogens is 269 g/mol. The summed E-state index contributed by atoms with van der Waals surface area (Å²) in [4.78, 5) is 10.2. The molecule has 2 nitrogen and oxygen atoms in total. The molecule has 68 valence electrons. The summed E-state index contributed by atoms with van der Waals surface area (Å²) in [6.45, 7) is 0. The number of halogens is 5. The maximum Gasteiger partial charge on any atom is 0.348 e. The number of allylic oxidation sites excluding steroid dienone is 2. The summed E-state index contributed by atoms with van der Waals surface area (Å²) >= 11 is 26.4. The van der Waals surface area contributed by atoms with E-state index in [4.69, 9.17) is 63.1 Å². The van der Waals surface area contributed by atoms with Gasteiger partial charge in [-0.1, -0.05) is 58.0 Å². The zero-order valence-corrected chi connectivity index (χ0v) is 9.02. The van der Waals surface area contributed by atoms with Crippen molar-refractivity contribution in [1.29, 1.82) is 0 Å². The van der Waals surface area contributed by atoms with Crippen LogP contribution >= 0.6 is 58.0 Å². The molecule has 12 heavy (non-hydrogen) atoms. The van der Waals surface area contributed by atoms with Crippen molar-refractivity contribution in [3.63, 3.8) is 0 Å². The van der Waals surface area contributed by atoms with Crippen LogP contribution in [0.5, 0.6) is 0 Å². The summed E-state index contributed by atoms with van der Waals surface area (Å²) in [6, 6.07) is 0. The first-order valence-corrected chi connectivity index (χ1v) is 4.26. The van der Waals surface area contributed by atoms with Gasteiger partial charge in [-0.05, 0) is 0 Å². The van der Waals surface area contributed by atoms with Crippen molar-refractivity contribution >= 4 is 64.0 Å². The van der Waals surface area contributed by atoms with E-state index < -0.39 is 16.0 Å². The third-order valence-electron chi connectivity index (χ3n) is 0.739. The molecule has 7 heteroatoms. The first kappa shape index (κ1) is 12.4. The molecule has 0 aromatic heterocycles. The van der Waals surface area contributed by atoms with Crippen LogP contribution < -0.4 is 0 Å². The fourth-order valence-corrected chi connectivity index (χ4v) is 0.972. The fourth-order valence-electron chi connectivity index (χ4n) is 0.273. The lowest BCUT2D eigenvalue weighted by molar-refractivity contribution is -0.131. The van der Waals surface area contributed by atoms with E-state index in [-0.39, 0.29) is 9.52 Å². The fraction of sp³-hybridized carbons (Fsp3) is 0. The molecule has 0 saturated carbocycles. The lowest BCUT2D eigenvalue weighted by Crippen LogP contribution is -1.96. The predicted molar refractivity (Wildman–Crippen MR) is 51.0 cm³/mol. The highest BCUT2D eigenvalue weighted by Gasteiger charge is 2.14. The highest BCUT2D eigenvalue weighted by atomic mass is 35.5. The minimum atomic E-state index is -1.41. The van der Waals surface area contributed by atoms with Gasteiger partial charge in [0, 0.05) is 0 Å². The van der Waals surface area contributed by atoms with E-state index >= 15 is 0 Å². The van der Waals surface area contributed by atoms with Crippen LogP contribution in [0.15, 0.2) is 19.6 Å². The van der Waals surface area contributed by atoms with Gasteiger partial charge in [0.2, 0.25) is 0 Å². The number of hydrogen-bond acceptors (Lipinski definition) is 1. The van der Waals surface area contributed by atoms with Crippen LogP contribution in [0.3, 0.4) is 0 Å². The Labute approximate surface area is 93.3 Å². The molecule has 0 unspecified atom stereocenters. The number of hydrogen-bond donors (Lipinski definition) is 1. The maximum atomic E-state index is 10.2. The van der Waals surface area contributed by atoms with Crippen LogP contribution in [0, 0.1) is 0 Å². The number of carboxylic acids is 1. The van der Waals surface area contributed by atoms with E-state index in [2.05, 4.69) is 0 Å². The predicted octanol–water partition coefficient (Wildman–Crippen LogP) is 3.65. The highest BCUT2D eigenvalue weighted by Crippen LogP contribution is 2.31. The largest absolute Gasteiger partial charge is 0.477 e. The van der Waals surface area contributed by atoms with E-state index in [9.17, 15) is 4.79 Å². The molecule has 0 aliphatic carbocycles. The zero-order chi connectivity index (χ0) is 9.89. The van der Waals surface area contributed by atoms with E-state index in [1.165, 1.54) is 0 Å². The Morgan fingerprint density at radius 2 is 1.25 bits per heavy atom. The Hall–Kier alpha value is 0.400. The van der Waals surface area contributed by atoms with Gasteiger partial charge in [-0.15, -0.1) is 0 Å². The molecule has 0 aliphatic heterocycles. The van der Waals surface area contributed by atoms with E-state index in [0.29, 0.717) is 0 Å². The first-order chi connectivity index (χ1) is 5.37. The van der Waals surface area contributed by atoms with E-state index in [1.54, 1.807) is 0 Å². The molecule has 0 aromatic carbocycles. The van der Waals surface area contributed by atoms with Gasteiger partial charge in [0.25, 0.3) is 0 Å². The van der Waals surface area contributed by atoms with Crippen LogP contribution in [-0.2, 0) is 4.79 Å². The highest BCUT2D eigenvalue weighted by molar-refractivity contribution is 6.62. The Kier molecular flexibility index (Phi) is 5.37. The summed E-state index contributed by atoms with van der Waals surface area (Å²) in [5.74, 6) is -1.41. The van der Waals surface area contributed by atoms with Crippen molar-refractivity contribution < 1.29 is 9.90 Å². The lowest BCUT2D eigenvalue weighted by Gasteiger charge is -1.97.